The SMILES string of the molecule is C=COC1=CCC2C(C#N)=CN(CC)C2=C1. The zero-order valence-corrected chi connectivity index (χ0v) is 9.31. The summed E-state index contributed by atoms with van der Waals surface area (Å²) in [5.74, 6) is 1.02. The molecule has 0 aromatic heterocycles. The molecule has 0 saturated carbocycles. The van der Waals surface area contributed by atoms with E-state index < -0.39 is 0 Å². The Kier molecular flexibility index (Phi) is 2.82. The first kappa shape index (κ1) is 10.6. The van der Waals surface area contributed by atoms with Gasteiger partial charge in [0, 0.05) is 30.4 Å². The highest BCUT2D eigenvalue weighted by Gasteiger charge is 2.31. The summed E-state index contributed by atoms with van der Waals surface area (Å²) in [7, 11) is 0. The Bertz CT molecular complexity index is 437. The molecular formula is C13H14N2O. The number of allylic oxidation sites excluding steroid dienone is 3. The van der Waals surface area contributed by atoms with Crippen LogP contribution in [0.2, 0.25) is 0 Å². The summed E-state index contributed by atoms with van der Waals surface area (Å²) in [5.41, 5.74) is 1.99. The molecule has 0 spiro atoms. The van der Waals surface area contributed by atoms with Crippen molar-refractivity contribution < 1.29 is 4.74 Å². The summed E-state index contributed by atoms with van der Waals surface area (Å²) in [6.45, 7) is 6.48. The minimum absolute atomic E-state index is 0.210. The highest BCUT2D eigenvalue weighted by atomic mass is 16.5. The maximum absolute atomic E-state index is 9.05. The van der Waals surface area contributed by atoms with Crippen LogP contribution in [-0.2, 0) is 4.74 Å². The molecule has 3 heteroatoms. The Morgan fingerprint density at radius 3 is 3.19 bits per heavy atom. The lowest BCUT2D eigenvalue weighted by molar-refractivity contribution is 0.355. The third kappa shape index (κ3) is 1.63. The van der Waals surface area contributed by atoms with E-state index in [0.29, 0.717) is 0 Å². The fraction of sp³-hybridized carbons (Fsp3) is 0.308. The van der Waals surface area contributed by atoms with Crippen LogP contribution >= 0.6 is 0 Å². The molecule has 0 N–H and O–H groups in total. The monoisotopic (exact) mass is 214 g/mol. The summed E-state index contributed by atoms with van der Waals surface area (Å²) >= 11 is 0. The van der Waals surface area contributed by atoms with Crippen LogP contribution in [0.4, 0.5) is 0 Å². The molecule has 16 heavy (non-hydrogen) atoms. The standard InChI is InChI=1S/C13H14N2O/c1-3-15-9-10(8-14)12-6-5-11(16-4-2)7-13(12)15/h4-5,7,9,12H,2-3,6H2,1H3. The molecule has 1 aliphatic heterocycles. The normalized spacial score (nSPS) is 22.6. The van der Waals surface area contributed by atoms with Crippen LogP contribution in [0.15, 0.2) is 48.2 Å². The summed E-state index contributed by atoms with van der Waals surface area (Å²) in [6, 6.07) is 2.26. The first-order valence-electron chi connectivity index (χ1n) is 5.38. The van der Waals surface area contributed by atoms with Crippen molar-refractivity contribution >= 4 is 0 Å². The zero-order chi connectivity index (χ0) is 11.5. The summed E-state index contributed by atoms with van der Waals surface area (Å²) < 4.78 is 5.27. The number of nitrogens with zero attached hydrogens (tertiary/aromatic N) is 2. The van der Waals surface area contributed by atoms with Crippen LogP contribution in [0.5, 0.6) is 0 Å². The van der Waals surface area contributed by atoms with Crippen LogP contribution in [0.1, 0.15) is 13.3 Å². The van der Waals surface area contributed by atoms with Gasteiger partial charge in [-0.05, 0) is 19.4 Å². The minimum Gasteiger partial charge on any atom is -0.466 e. The van der Waals surface area contributed by atoms with Crippen molar-refractivity contribution in [2.75, 3.05) is 6.54 Å². The van der Waals surface area contributed by atoms with E-state index in [9.17, 15) is 0 Å². The van der Waals surface area contributed by atoms with Gasteiger partial charge in [0.15, 0.2) is 0 Å². The molecule has 3 nitrogen and oxygen atoms in total. The van der Waals surface area contributed by atoms with Crippen molar-refractivity contribution in [2.24, 2.45) is 5.92 Å². The molecule has 2 aliphatic rings. The third-order valence-corrected chi connectivity index (χ3v) is 2.89. The molecule has 1 unspecified atom stereocenters. The van der Waals surface area contributed by atoms with Crippen molar-refractivity contribution in [1.29, 1.82) is 5.26 Å². The Labute approximate surface area is 95.6 Å². The summed E-state index contributed by atoms with van der Waals surface area (Å²) in [6.07, 6.45) is 8.17. The molecule has 1 heterocycles. The van der Waals surface area contributed by atoms with Gasteiger partial charge in [-0.3, -0.25) is 0 Å². The van der Waals surface area contributed by atoms with Crippen LogP contribution in [0.25, 0.3) is 0 Å². The number of fused-ring (bicyclic) bond motifs is 1. The van der Waals surface area contributed by atoms with Crippen LogP contribution in [0.3, 0.4) is 0 Å². The quantitative estimate of drug-likeness (QED) is 0.678. The Morgan fingerprint density at radius 1 is 1.75 bits per heavy atom. The van der Waals surface area contributed by atoms with Gasteiger partial charge in [-0.15, -0.1) is 0 Å². The van der Waals surface area contributed by atoms with E-state index in [1.807, 2.05) is 18.4 Å². The van der Waals surface area contributed by atoms with Crippen molar-refractivity contribution in [1.82, 2.24) is 4.90 Å². The van der Waals surface area contributed by atoms with E-state index >= 15 is 0 Å². The number of ether oxygens (including phenoxy) is 1. The lowest BCUT2D eigenvalue weighted by Gasteiger charge is -2.23. The van der Waals surface area contributed by atoms with E-state index in [1.54, 1.807) is 0 Å². The smallest absolute Gasteiger partial charge is 0.124 e. The Balaban J connectivity index is 2.28. The van der Waals surface area contributed by atoms with E-state index in [0.717, 1.165) is 30.0 Å². The summed E-state index contributed by atoms with van der Waals surface area (Å²) in [5, 5.41) is 9.05. The third-order valence-electron chi connectivity index (χ3n) is 2.89. The lowest BCUT2D eigenvalue weighted by atomic mass is 9.92. The van der Waals surface area contributed by atoms with Gasteiger partial charge in [-0.2, -0.15) is 5.26 Å². The van der Waals surface area contributed by atoms with Gasteiger partial charge >= 0.3 is 0 Å². The van der Waals surface area contributed by atoms with Gasteiger partial charge in [0.2, 0.25) is 0 Å². The van der Waals surface area contributed by atoms with Crippen molar-refractivity contribution in [3.63, 3.8) is 0 Å². The molecule has 82 valence electrons. The number of hydrogen-bond donors (Lipinski definition) is 0. The highest BCUT2D eigenvalue weighted by molar-refractivity contribution is 5.43. The highest BCUT2D eigenvalue weighted by Crippen LogP contribution is 2.37. The molecule has 1 atom stereocenters. The maximum atomic E-state index is 9.05. The van der Waals surface area contributed by atoms with E-state index in [1.165, 1.54) is 6.26 Å². The average Bonchev–Trinajstić information content (AvgIpc) is 2.67. The Hall–Kier alpha value is -1.95. The predicted molar refractivity (Wildman–Crippen MR) is 61.6 cm³/mol. The molecule has 0 radical (unpaired) electrons. The van der Waals surface area contributed by atoms with Crippen LogP contribution in [-0.4, -0.2) is 11.4 Å². The van der Waals surface area contributed by atoms with Crippen LogP contribution < -0.4 is 0 Å². The molecule has 0 amide bonds. The van der Waals surface area contributed by atoms with Crippen LogP contribution in [0, 0.1) is 17.2 Å². The topological polar surface area (TPSA) is 36.3 Å². The molecule has 0 fully saturated rings. The van der Waals surface area contributed by atoms with Crippen molar-refractivity contribution in [3.05, 3.63) is 48.2 Å². The fourth-order valence-electron chi connectivity index (χ4n) is 2.12. The number of nitriles is 1. The van der Waals surface area contributed by atoms with E-state index in [-0.39, 0.29) is 5.92 Å². The van der Waals surface area contributed by atoms with Gasteiger partial charge in [0.25, 0.3) is 0 Å². The van der Waals surface area contributed by atoms with Gasteiger partial charge in [-0.25, -0.2) is 0 Å². The second-order valence-electron chi connectivity index (χ2n) is 3.73. The molecule has 2 rings (SSSR count). The fourth-order valence-corrected chi connectivity index (χ4v) is 2.12. The Morgan fingerprint density at radius 2 is 2.56 bits per heavy atom. The zero-order valence-electron chi connectivity index (χ0n) is 9.31. The van der Waals surface area contributed by atoms with Crippen molar-refractivity contribution in [3.8, 4) is 6.07 Å². The second-order valence-corrected chi connectivity index (χ2v) is 3.73. The molecule has 0 aromatic carbocycles. The molecular weight excluding hydrogens is 200 g/mol. The van der Waals surface area contributed by atoms with E-state index in [2.05, 4.69) is 24.5 Å². The molecule has 1 aliphatic carbocycles. The van der Waals surface area contributed by atoms with Gasteiger partial charge in [0.05, 0.1) is 17.9 Å². The molecule has 0 aromatic rings. The predicted octanol–water partition coefficient (Wildman–Crippen LogP) is 2.68. The van der Waals surface area contributed by atoms with Gasteiger partial charge in [0.1, 0.15) is 5.76 Å². The van der Waals surface area contributed by atoms with Gasteiger partial charge in [-0.1, -0.05) is 6.58 Å². The minimum atomic E-state index is 0.210. The second kappa shape index (κ2) is 4.28. The van der Waals surface area contributed by atoms with E-state index in [4.69, 9.17) is 10.00 Å². The number of rotatable bonds is 3. The largest absolute Gasteiger partial charge is 0.466 e. The first-order chi connectivity index (χ1) is 7.80. The number of hydrogen-bond acceptors (Lipinski definition) is 3. The van der Waals surface area contributed by atoms with Crippen molar-refractivity contribution in [2.45, 2.75) is 13.3 Å². The first-order valence-corrected chi connectivity index (χ1v) is 5.38. The average molecular weight is 214 g/mol. The lowest BCUT2D eigenvalue weighted by Crippen LogP contribution is -2.18. The maximum Gasteiger partial charge on any atom is 0.124 e. The molecule has 0 saturated heterocycles. The van der Waals surface area contributed by atoms with Gasteiger partial charge < -0.3 is 9.64 Å². The summed E-state index contributed by atoms with van der Waals surface area (Å²) in [4.78, 5) is 2.10. The molecule has 0 bridgehead atoms.